The number of ether oxygens (including phenoxy) is 2. The van der Waals surface area contributed by atoms with Crippen LogP contribution in [0.5, 0.6) is 0 Å². The third-order valence-corrected chi connectivity index (χ3v) is 5.54. The van der Waals surface area contributed by atoms with E-state index in [-0.39, 0.29) is 11.6 Å². The van der Waals surface area contributed by atoms with E-state index in [9.17, 15) is 13.6 Å². The van der Waals surface area contributed by atoms with Crippen molar-refractivity contribution in [2.24, 2.45) is 0 Å². The number of imidazole rings is 1. The van der Waals surface area contributed by atoms with E-state index in [1.54, 1.807) is 20.8 Å². The number of benzene rings is 1. The highest BCUT2D eigenvalue weighted by Crippen LogP contribution is 2.35. The van der Waals surface area contributed by atoms with E-state index < -0.39 is 35.5 Å². The first-order chi connectivity index (χ1) is 14.6. The van der Waals surface area contributed by atoms with Crippen LogP contribution >= 0.6 is 0 Å². The zero-order valence-electron chi connectivity index (χ0n) is 18.2. The SMILES string of the molecule is Cc1nc2c([nH]1)CN([C@H]1CO[C@H](c3cc(F)ccc3F)[C@@H](NC(=O)OC(C)(C)C)C1)C2. The smallest absolute Gasteiger partial charge is 0.407 e. The Morgan fingerprint density at radius 3 is 2.81 bits per heavy atom. The Hall–Kier alpha value is -2.52. The van der Waals surface area contributed by atoms with Gasteiger partial charge in [0.2, 0.25) is 0 Å². The Bertz CT molecular complexity index is 949. The van der Waals surface area contributed by atoms with Gasteiger partial charge in [-0.25, -0.2) is 18.6 Å². The van der Waals surface area contributed by atoms with Crippen molar-refractivity contribution < 1.29 is 23.0 Å². The largest absolute Gasteiger partial charge is 0.444 e. The second kappa shape index (κ2) is 8.20. The molecule has 4 rings (SSSR count). The summed E-state index contributed by atoms with van der Waals surface area (Å²) in [5, 5.41) is 2.82. The molecule has 3 atom stereocenters. The number of nitrogens with zero attached hydrogens (tertiary/aromatic N) is 2. The second-order valence-corrected chi connectivity index (χ2v) is 9.21. The first-order valence-corrected chi connectivity index (χ1v) is 10.4. The first kappa shape index (κ1) is 21.7. The van der Waals surface area contributed by atoms with E-state index in [2.05, 4.69) is 20.2 Å². The van der Waals surface area contributed by atoms with Crippen molar-refractivity contribution in [3.63, 3.8) is 0 Å². The second-order valence-electron chi connectivity index (χ2n) is 9.21. The molecule has 0 spiro atoms. The maximum Gasteiger partial charge on any atom is 0.407 e. The van der Waals surface area contributed by atoms with E-state index >= 15 is 0 Å². The number of H-pyrrole nitrogens is 1. The van der Waals surface area contributed by atoms with Crippen molar-refractivity contribution in [3.8, 4) is 0 Å². The summed E-state index contributed by atoms with van der Waals surface area (Å²) in [5.74, 6) is -0.245. The van der Waals surface area contributed by atoms with Crippen LogP contribution in [0.4, 0.5) is 13.6 Å². The van der Waals surface area contributed by atoms with Crippen molar-refractivity contribution in [1.29, 1.82) is 0 Å². The molecule has 0 bridgehead atoms. The zero-order valence-corrected chi connectivity index (χ0v) is 18.2. The molecule has 1 aromatic carbocycles. The molecule has 1 fully saturated rings. The fourth-order valence-corrected chi connectivity index (χ4v) is 4.26. The minimum absolute atomic E-state index is 0.0179. The molecule has 9 heteroatoms. The molecule has 1 saturated heterocycles. The van der Waals surface area contributed by atoms with Crippen LogP contribution in [-0.2, 0) is 22.6 Å². The molecule has 2 aliphatic heterocycles. The number of carbonyl (C=O) groups is 1. The van der Waals surface area contributed by atoms with Gasteiger partial charge in [0.25, 0.3) is 0 Å². The fourth-order valence-electron chi connectivity index (χ4n) is 4.26. The van der Waals surface area contributed by atoms with Crippen molar-refractivity contribution in [3.05, 3.63) is 52.6 Å². The molecule has 0 radical (unpaired) electrons. The Morgan fingerprint density at radius 1 is 1.32 bits per heavy atom. The van der Waals surface area contributed by atoms with Gasteiger partial charge in [0.05, 0.1) is 24.0 Å². The lowest BCUT2D eigenvalue weighted by Crippen LogP contribution is -2.52. The first-order valence-electron chi connectivity index (χ1n) is 10.4. The molecule has 3 heterocycles. The van der Waals surface area contributed by atoms with E-state index in [0.717, 1.165) is 35.4 Å². The Labute approximate surface area is 180 Å². The summed E-state index contributed by atoms with van der Waals surface area (Å²) in [6.45, 7) is 8.92. The number of aryl methyl sites for hydroxylation is 1. The molecule has 1 aromatic heterocycles. The van der Waals surface area contributed by atoms with Gasteiger partial charge in [0.15, 0.2) is 0 Å². The van der Waals surface area contributed by atoms with Crippen molar-refractivity contribution in [2.75, 3.05) is 6.61 Å². The zero-order chi connectivity index (χ0) is 22.3. The number of alkyl carbamates (subject to hydrolysis) is 1. The van der Waals surface area contributed by atoms with Gasteiger partial charge in [0.1, 0.15) is 29.2 Å². The van der Waals surface area contributed by atoms with Crippen LogP contribution in [0.2, 0.25) is 0 Å². The number of nitrogens with one attached hydrogen (secondary N) is 2. The highest BCUT2D eigenvalue weighted by atomic mass is 19.1. The van der Waals surface area contributed by atoms with Gasteiger partial charge in [-0.3, -0.25) is 4.90 Å². The quantitative estimate of drug-likeness (QED) is 0.770. The lowest BCUT2D eigenvalue weighted by molar-refractivity contribution is -0.0629. The van der Waals surface area contributed by atoms with Crippen molar-refractivity contribution in [1.82, 2.24) is 20.2 Å². The molecule has 2 N–H and O–H groups in total. The van der Waals surface area contributed by atoms with Crippen LogP contribution in [0.25, 0.3) is 0 Å². The monoisotopic (exact) mass is 434 g/mol. The maximum absolute atomic E-state index is 14.5. The number of rotatable bonds is 3. The number of aromatic amines is 1. The average Bonchev–Trinajstić information content (AvgIpc) is 3.19. The van der Waals surface area contributed by atoms with Crippen LogP contribution in [0.1, 0.15) is 56.1 Å². The maximum atomic E-state index is 14.5. The van der Waals surface area contributed by atoms with E-state index in [1.807, 2.05) is 6.92 Å². The standard InChI is InChI=1S/C22H28F2N4O3/c1-12-25-18-9-28(10-19(18)26-12)14-8-17(27-21(29)31-22(2,3)4)20(30-11-14)15-7-13(23)5-6-16(15)24/h5-7,14,17,20H,8-11H2,1-4H3,(H,25,26)(H,27,29)/t14-,17+,20-/m1/s1. The molecule has 0 saturated carbocycles. The molecule has 2 aromatic rings. The number of amides is 1. The third-order valence-electron chi connectivity index (χ3n) is 5.54. The minimum Gasteiger partial charge on any atom is -0.444 e. The fraction of sp³-hybridized carbons (Fsp3) is 0.545. The summed E-state index contributed by atoms with van der Waals surface area (Å²) >= 11 is 0. The van der Waals surface area contributed by atoms with Gasteiger partial charge >= 0.3 is 6.09 Å². The molecule has 1 amide bonds. The van der Waals surface area contributed by atoms with Gasteiger partial charge in [0, 0.05) is 24.7 Å². The predicted octanol–water partition coefficient (Wildman–Crippen LogP) is 3.74. The van der Waals surface area contributed by atoms with Crippen molar-refractivity contribution in [2.45, 2.75) is 71.0 Å². The lowest BCUT2D eigenvalue weighted by atomic mass is 9.92. The highest BCUT2D eigenvalue weighted by Gasteiger charge is 2.40. The number of fused-ring (bicyclic) bond motifs is 1. The average molecular weight is 434 g/mol. The summed E-state index contributed by atoms with van der Waals surface area (Å²) in [6.07, 6.45) is -0.934. The number of hydrogen-bond acceptors (Lipinski definition) is 5. The summed E-state index contributed by atoms with van der Waals surface area (Å²) in [7, 11) is 0. The van der Waals surface area contributed by atoms with Crippen molar-refractivity contribution >= 4 is 6.09 Å². The van der Waals surface area contributed by atoms with Crippen LogP contribution in [-0.4, -0.2) is 45.3 Å². The van der Waals surface area contributed by atoms with E-state index in [0.29, 0.717) is 26.1 Å². The van der Waals surface area contributed by atoms with E-state index in [1.165, 1.54) is 0 Å². The molecule has 7 nitrogen and oxygen atoms in total. The number of carbonyl (C=O) groups excluding carboxylic acids is 1. The van der Waals surface area contributed by atoms with Gasteiger partial charge in [-0.1, -0.05) is 0 Å². The summed E-state index contributed by atoms with van der Waals surface area (Å²) in [4.78, 5) is 22.5. The molecule has 31 heavy (non-hydrogen) atoms. The van der Waals surface area contributed by atoms with Gasteiger partial charge in [-0.05, 0) is 52.3 Å². The Morgan fingerprint density at radius 2 is 2.10 bits per heavy atom. The Balaban J connectivity index is 1.53. The Kier molecular flexibility index (Phi) is 5.74. The minimum atomic E-state index is -0.819. The molecular formula is C22H28F2N4O3. The molecular weight excluding hydrogens is 406 g/mol. The summed E-state index contributed by atoms with van der Waals surface area (Å²) in [5.41, 5.74) is 1.49. The van der Waals surface area contributed by atoms with Crippen LogP contribution in [0.15, 0.2) is 18.2 Å². The number of hydrogen-bond donors (Lipinski definition) is 2. The molecule has 0 unspecified atom stereocenters. The van der Waals surface area contributed by atoms with Crippen LogP contribution in [0, 0.1) is 18.6 Å². The third kappa shape index (κ3) is 4.88. The van der Waals surface area contributed by atoms with Gasteiger partial charge < -0.3 is 19.8 Å². The van der Waals surface area contributed by atoms with Crippen LogP contribution < -0.4 is 5.32 Å². The predicted molar refractivity (Wildman–Crippen MR) is 109 cm³/mol. The lowest BCUT2D eigenvalue weighted by Gasteiger charge is -2.40. The summed E-state index contributed by atoms with van der Waals surface area (Å²) < 4.78 is 39.7. The molecule has 2 aliphatic rings. The molecule has 0 aliphatic carbocycles. The number of halogens is 2. The normalized spacial score (nSPS) is 24.1. The number of aromatic nitrogens is 2. The topological polar surface area (TPSA) is 79.5 Å². The highest BCUT2D eigenvalue weighted by molar-refractivity contribution is 5.68. The van der Waals surface area contributed by atoms with Gasteiger partial charge in [-0.15, -0.1) is 0 Å². The van der Waals surface area contributed by atoms with E-state index in [4.69, 9.17) is 9.47 Å². The van der Waals surface area contributed by atoms with Crippen LogP contribution in [0.3, 0.4) is 0 Å². The summed E-state index contributed by atoms with van der Waals surface area (Å²) in [6, 6.07) is 2.66. The molecule has 168 valence electrons. The van der Waals surface area contributed by atoms with Gasteiger partial charge in [-0.2, -0.15) is 0 Å².